The Morgan fingerprint density at radius 3 is 2.54 bits per heavy atom. The van der Waals surface area contributed by atoms with Crippen LogP contribution < -0.4 is 10.2 Å². The third-order valence-corrected chi connectivity index (χ3v) is 4.38. The van der Waals surface area contributed by atoms with E-state index in [2.05, 4.69) is 5.32 Å². The van der Waals surface area contributed by atoms with Crippen LogP contribution in [0, 0.1) is 0 Å². The van der Waals surface area contributed by atoms with Crippen molar-refractivity contribution in [2.24, 2.45) is 0 Å². The van der Waals surface area contributed by atoms with E-state index in [-0.39, 0.29) is 18.2 Å². The Hall–Kier alpha value is -3.15. The monoisotopic (exact) mass is 352 g/mol. The standard InChI is InChI=1S/C20H20N2O4/c23-18-10-5-11-22(18)16-9-4-8-15(12-16)20(26)21-17(13-19(24)25)14-6-2-1-3-7-14/h1-4,6-9,12,17H,5,10-11,13H2,(H,21,26)(H,24,25)/t17-/m0/s1. The Bertz CT molecular complexity index is 820. The zero-order valence-electron chi connectivity index (χ0n) is 14.2. The molecule has 0 spiro atoms. The van der Waals surface area contributed by atoms with E-state index in [4.69, 9.17) is 5.11 Å². The summed E-state index contributed by atoms with van der Waals surface area (Å²) in [5.41, 5.74) is 1.82. The maximum atomic E-state index is 12.7. The number of anilines is 1. The van der Waals surface area contributed by atoms with Crippen LogP contribution in [0.1, 0.15) is 41.2 Å². The molecule has 1 heterocycles. The topological polar surface area (TPSA) is 86.7 Å². The molecule has 26 heavy (non-hydrogen) atoms. The van der Waals surface area contributed by atoms with Gasteiger partial charge in [-0.05, 0) is 30.2 Å². The summed E-state index contributed by atoms with van der Waals surface area (Å²) in [7, 11) is 0. The molecular weight excluding hydrogens is 332 g/mol. The first-order valence-corrected chi connectivity index (χ1v) is 8.52. The molecule has 1 atom stereocenters. The molecule has 2 N–H and O–H groups in total. The van der Waals surface area contributed by atoms with Crippen molar-refractivity contribution in [3.63, 3.8) is 0 Å². The minimum absolute atomic E-state index is 0.0515. The van der Waals surface area contributed by atoms with Crippen LogP contribution in [-0.4, -0.2) is 29.4 Å². The number of carboxylic acid groups (broad SMARTS) is 1. The minimum Gasteiger partial charge on any atom is -0.481 e. The lowest BCUT2D eigenvalue weighted by atomic mass is 10.0. The fourth-order valence-corrected chi connectivity index (χ4v) is 3.09. The van der Waals surface area contributed by atoms with Crippen LogP contribution in [0.5, 0.6) is 0 Å². The third kappa shape index (κ3) is 4.08. The second-order valence-electron chi connectivity index (χ2n) is 6.23. The van der Waals surface area contributed by atoms with Crippen molar-refractivity contribution in [2.45, 2.75) is 25.3 Å². The van der Waals surface area contributed by atoms with E-state index in [0.717, 1.165) is 12.0 Å². The van der Waals surface area contributed by atoms with Gasteiger partial charge < -0.3 is 15.3 Å². The Morgan fingerprint density at radius 2 is 1.88 bits per heavy atom. The smallest absolute Gasteiger partial charge is 0.305 e. The van der Waals surface area contributed by atoms with Crippen molar-refractivity contribution in [1.82, 2.24) is 5.32 Å². The average Bonchev–Trinajstić information content (AvgIpc) is 3.07. The molecule has 2 aromatic carbocycles. The highest BCUT2D eigenvalue weighted by molar-refractivity contribution is 5.99. The highest BCUT2D eigenvalue weighted by Crippen LogP contribution is 2.23. The van der Waals surface area contributed by atoms with Crippen LogP contribution in [0.4, 0.5) is 5.69 Å². The SMILES string of the molecule is O=C(O)C[C@H](NC(=O)c1cccc(N2CCCC2=O)c1)c1ccccc1. The number of amides is 2. The summed E-state index contributed by atoms with van der Waals surface area (Å²) in [6.45, 7) is 0.648. The molecule has 6 heteroatoms. The van der Waals surface area contributed by atoms with Crippen molar-refractivity contribution in [1.29, 1.82) is 0 Å². The van der Waals surface area contributed by atoms with Gasteiger partial charge in [0.15, 0.2) is 0 Å². The molecular formula is C20H20N2O4. The van der Waals surface area contributed by atoms with Gasteiger partial charge in [-0.3, -0.25) is 14.4 Å². The molecule has 2 amide bonds. The van der Waals surface area contributed by atoms with Crippen LogP contribution in [0.15, 0.2) is 54.6 Å². The second kappa shape index (κ2) is 7.82. The first-order valence-electron chi connectivity index (χ1n) is 8.52. The fourth-order valence-electron chi connectivity index (χ4n) is 3.09. The molecule has 0 unspecified atom stereocenters. The lowest BCUT2D eigenvalue weighted by molar-refractivity contribution is -0.137. The van der Waals surface area contributed by atoms with Gasteiger partial charge in [-0.1, -0.05) is 36.4 Å². The van der Waals surface area contributed by atoms with Crippen molar-refractivity contribution >= 4 is 23.5 Å². The van der Waals surface area contributed by atoms with Crippen LogP contribution in [-0.2, 0) is 9.59 Å². The van der Waals surface area contributed by atoms with Gasteiger partial charge in [0.05, 0.1) is 12.5 Å². The first kappa shape index (κ1) is 17.7. The Kier molecular flexibility index (Phi) is 5.31. The van der Waals surface area contributed by atoms with Gasteiger partial charge in [-0.25, -0.2) is 0 Å². The molecule has 1 fully saturated rings. The summed E-state index contributed by atoms with van der Waals surface area (Å²) in [4.78, 5) is 37.4. The summed E-state index contributed by atoms with van der Waals surface area (Å²) in [5, 5.41) is 11.9. The fraction of sp³-hybridized carbons (Fsp3) is 0.250. The minimum atomic E-state index is -0.990. The van der Waals surface area contributed by atoms with E-state index < -0.39 is 12.0 Å². The second-order valence-corrected chi connectivity index (χ2v) is 6.23. The lowest BCUT2D eigenvalue weighted by Gasteiger charge is -2.19. The zero-order valence-corrected chi connectivity index (χ0v) is 14.2. The van der Waals surface area contributed by atoms with E-state index >= 15 is 0 Å². The van der Waals surface area contributed by atoms with E-state index in [9.17, 15) is 14.4 Å². The first-order chi connectivity index (χ1) is 12.5. The van der Waals surface area contributed by atoms with Crippen molar-refractivity contribution < 1.29 is 19.5 Å². The quantitative estimate of drug-likeness (QED) is 0.837. The normalized spacial score (nSPS) is 14.9. The summed E-state index contributed by atoms with van der Waals surface area (Å²) in [6, 6.07) is 15.2. The van der Waals surface area contributed by atoms with Gasteiger partial charge in [0.25, 0.3) is 5.91 Å². The summed E-state index contributed by atoms with van der Waals surface area (Å²) >= 11 is 0. The molecule has 0 bridgehead atoms. The summed E-state index contributed by atoms with van der Waals surface area (Å²) in [6.07, 6.45) is 1.12. The number of hydrogen-bond acceptors (Lipinski definition) is 3. The van der Waals surface area contributed by atoms with Gasteiger partial charge >= 0.3 is 5.97 Å². The highest BCUT2D eigenvalue weighted by Gasteiger charge is 2.23. The number of hydrogen-bond donors (Lipinski definition) is 2. The molecule has 0 aromatic heterocycles. The number of rotatable bonds is 6. The maximum Gasteiger partial charge on any atom is 0.305 e. The van der Waals surface area contributed by atoms with Crippen LogP contribution in [0.2, 0.25) is 0 Å². The summed E-state index contributed by atoms with van der Waals surface area (Å²) < 4.78 is 0. The predicted octanol–water partition coefficient (Wildman–Crippen LogP) is 2.76. The number of carboxylic acids is 1. The van der Waals surface area contributed by atoms with E-state index in [0.29, 0.717) is 24.2 Å². The van der Waals surface area contributed by atoms with Gasteiger partial charge in [0, 0.05) is 24.2 Å². The largest absolute Gasteiger partial charge is 0.481 e. The number of nitrogens with one attached hydrogen (secondary N) is 1. The van der Waals surface area contributed by atoms with Crippen LogP contribution in [0.25, 0.3) is 0 Å². The Balaban J connectivity index is 1.79. The third-order valence-electron chi connectivity index (χ3n) is 4.38. The molecule has 0 radical (unpaired) electrons. The Morgan fingerprint density at radius 1 is 1.12 bits per heavy atom. The Labute approximate surface area is 151 Å². The van der Waals surface area contributed by atoms with E-state index in [1.165, 1.54) is 0 Å². The maximum absolute atomic E-state index is 12.7. The average molecular weight is 352 g/mol. The number of aliphatic carboxylic acids is 1. The van der Waals surface area contributed by atoms with Crippen molar-refractivity contribution in [3.05, 3.63) is 65.7 Å². The van der Waals surface area contributed by atoms with Crippen LogP contribution in [0.3, 0.4) is 0 Å². The molecule has 3 rings (SSSR count). The molecule has 134 valence electrons. The van der Waals surface area contributed by atoms with Gasteiger partial charge in [-0.2, -0.15) is 0 Å². The van der Waals surface area contributed by atoms with E-state index in [1.807, 2.05) is 6.07 Å². The molecule has 0 saturated carbocycles. The lowest BCUT2D eigenvalue weighted by Crippen LogP contribution is -2.30. The highest BCUT2D eigenvalue weighted by atomic mass is 16.4. The van der Waals surface area contributed by atoms with Gasteiger partial charge in [0.1, 0.15) is 0 Å². The summed E-state index contributed by atoms with van der Waals surface area (Å²) in [5.74, 6) is -1.31. The zero-order chi connectivity index (χ0) is 18.5. The molecule has 1 aliphatic heterocycles. The van der Waals surface area contributed by atoms with Gasteiger partial charge in [-0.15, -0.1) is 0 Å². The van der Waals surface area contributed by atoms with Gasteiger partial charge in [0.2, 0.25) is 5.91 Å². The molecule has 2 aromatic rings. The number of benzene rings is 2. The number of carbonyl (C=O) groups is 3. The van der Waals surface area contributed by atoms with Crippen molar-refractivity contribution in [3.8, 4) is 0 Å². The predicted molar refractivity (Wildman–Crippen MR) is 96.9 cm³/mol. The molecule has 6 nitrogen and oxygen atoms in total. The number of carbonyl (C=O) groups excluding carboxylic acids is 2. The molecule has 1 saturated heterocycles. The molecule has 0 aliphatic carbocycles. The number of nitrogens with zero attached hydrogens (tertiary/aromatic N) is 1. The van der Waals surface area contributed by atoms with Crippen molar-refractivity contribution in [2.75, 3.05) is 11.4 Å². The molecule has 1 aliphatic rings. The van der Waals surface area contributed by atoms with Crippen LogP contribution >= 0.6 is 0 Å². The van der Waals surface area contributed by atoms with E-state index in [1.54, 1.807) is 53.4 Å².